The number of hydrogen-bond donors (Lipinski definition) is 0. The fourth-order valence-electron chi connectivity index (χ4n) is 10.4. The third-order valence-corrected chi connectivity index (χ3v) is 14.5. The highest BCUT2D eigenvalue weighted by atomic mass is 17.2. The van der Waals surface area contributed by atoms with Crippen LogP contribution in [0.3, 0.4) is 0 Å². The van der Waals surface area contributed by atoms with Gasteiger partial charge in [-0.3, -0.25) is 0 Å². The molecule has 0 saturated carbocycles. The summed E-state index contributed by atoms with van der Waals surface area (Å²) in [5, 5.41) is 0. The molecule has 1 atom stereocenters. The van der Waals surface area contributed by atoms with E-state index in [9.17, 15) is 28.8 Å². The van der Waals surface area contributed by atoms with E-state index in [2.05, 4.69) is 54.0 Å². The first-order valence-corrected chi connectivity index (χ1v) is 29.0. The van der Waals surface area contributed by atoms with Crippen molar-refractivity contribution < 1.29 is 95.7 Å². The number of benzene rings is 6. The molecule has 0 heterocycles. The van der Waals surface area contributed by atoms with Crippen LogP contribution < -0.4 is 38.2 Å². The summed E-state index contributed by atoms with van der Waals surface area (Å²) in [4.78, 5) is 97.4. The van der Waals surface area contributed by atoms with E-state index < -0.39 is 52.1 Å². The summed E-state index contributed by atoms with van der Waals surface area (Å²) in [6.07, 6.45) is 18.0. The normalized spacial score (nSPS) is 14.8. The average Bonchev–Trinajstić information content (AvgIpc) is 1.53. The van der Waals surface area contributed by atoms with Crippen molar-refractivity contribution >= 4 is 60.1 Å². The molecule has 0 radical (unpaired) electrons. The number of esters is 6. The largest absolute Gasteiger partial charge is 0.457 e. The number of ether oxygens (including phenoxy) is 10. The zero-order chi connectivity index (χ0) is 66.4. The standard InChI is InChI=1S/C73H68O20/c1-9-65(74)84-45-80-53-27-17-49(18-28-53)15-13-37-88-92-63-40-58-60(42-64(63)93-89-38-14-16-50-19-29-54(30-20-50)81-46-85-66(75)10-2)73(44-72(58,7)8)43-71(5,6)57-39-61(90-69(78)35-25-51-21-31-55(32-22-51)82-47-86-67(76)11-3)62(41-59(57)73)91-70(79)36-26-52-23-33-56(34-24-52)83-48-87-68(77)12-4/h9-36,39-42H,1-4,37-38,43-48H2,5-8H3/b15-13+,16-14?,35-25+,36-26+. The van der Waals surface area contributed by atoms with Gasteiger partial charge in [0.15, 0.2) is 11.5 Å². The van der Waals surface area contributed by atoms with E-state index in [1.165, 1.54) is 12.2 Å². The zero-order valence-electron chi connectivity index (χ0n) is 51.6. The molecule has 20 heteroatoms. The summed E-state index contributed by atoms with van der Waals surface area (Å²) < 4.78 is 53.7. The fraction of sp³-hybridized carbons (Fsp3) is 0.205. The second kappa shape index (κ2) is 32.0. The van der Waals surface area contributed by atoms with Crippen LogP contribution in [-0.4, -0.2) is 76.2 Å². The summed E-state index contributed by atoms with van der Waals surface area (Å²) in [6, 6.07) is 34.8. The van der Waals surface area contributed by atoms with E-state index in [4.69, 9.17) is 66.9 Å². The smallest absolute Gasteiger partial charge is 0.336 e. The summed E-state index contributed by atoms with van der Waals surface area (Å²) in [6.45, 7) is 20.8. The van der Waals surface area contributed by atoms with Crippen molar-refractivity contribution in [2.45, 2.75) is 56.8 Å². The lowest BCUT2D eigenvalue weighted by molar-refractivity contribution is -0.218. The van der Waals surface area contributed by atoms with Gasteiger partial charge in [0.05, 0.1) is 0 Å². The van der Waals surface area contributed by atoms with Gasteiger partial charge in [-0.2, -0.15) is 9.78 Å². The van der Waals surface area contributed by atoms with E-state index in [1.54, 1.807) is 109 Å². The Morgan fingerprint density at radius 3 is 0.968 bits per heavy atom. The van der Waals surface area contributed by atoms with Crippen molar-refractivity contribution in [3.8, 4) is 46.0 Å². The van der Waals surface area contributed by atoms with Gasteiger partial charge in [-0.05, 0) is 153 Å². The van der Waals surface area contributed by atoms with Gasteiger partial charge in [-0.25, -0.2) is 28.8 Å². The molecule has 0 fully saturated rings. The van der Waals surface area contributed by atoms with Crippen molar-refractivity contribution in [1.29, 1.82) is 0 Å². The Morgan fingerprint density at radius 2 is 0.656 bits per heavy atom. The maximum absolute atomic E-state index is 14.0. The van der Waals surface area contributed by atoms with Gasteiger partial charge in [0.2, 0.25) is 38.7 Å². The number of fused-ring (bicyclic) bond motifs is 4. The molecule has 1 unspecified atom stereocenters. The first-order chi connectivity index (χ1) is 44.8. The van der Waals surface area contributed by atoms with Crippen LogP contribution in [-0.2, 0) is 73.7 Å². The summed E-state index contributed by atoms with van der Waals surface area (Å²) >= 11 is 0. The monoisotopic (exact) mass is 1260 g/mol. The molecule has 0 aliphatic heterocycles. The van der Waals surface area contributed by atoms with Gasteiger partial charge in [0.1, 0.15) is 36.2 Å². The van der Waals surface area contributed by atoms with Crippen LogP contribution in [0.25, 0.3) is 24.3 Å². The van der Waals surface area contributed by atoms with Gasteiger partial charge in [-0.15, -0.1) is 0 Å². The van der Waals surface area contributed by atoms with Crippen LogP contribution in [0.1, 0.15) is 85.0 Å². The molecule has 480 valence electrons. The molecule has 6 aromatic rings. The fourth-order valence-corrected chi connectivity index (χ4v) is 10.4. The third-order valence-electron chi connectivity index (χ3n) is 14.5. The van der Waals surface area contributed by atoms with E-state index in [1.807, 2.05) is 48.6 Å². The molecule has 0 N–H and O–H groups in total. The van der Waals surface area contributed by atoms with Crippen molar-refractivity contribution in [2.24, 2.45) is 0 Å². The molecule has 93 heavy (non-hydrogen) atoms. The number of carbonyl (C=O) groups excluding carboxylic acids is 6. The molecule has 6 aromatic carbocycles. The third kappa shape index (κ3) is 18.9. The second-order valence-electron chi connectivity index (χ2n) is 21.9. The molecule has 0 bridgehead atoms. The zero-order valence-corrected chi connectivity index (χ0v) is 51.6. The first kappa shape index (κ1) is 67.7. The number of carbonyl (C=O) groups is 6. The van der Waals surface area contributed by atoms with Gasteiger partial charge >= 0.3 is 35.8 Å². The number of rotatable bonds is 32. The van der Waals surface area contributed by atoms with Gasteiger partial charge in [0, 0.05) is 41.9 Å². The molecule has 1 spiro atoms. The summed E-state index contributed by atoms with van der Waals surface area (Å²) in [5.74, 6) is -1.80. The minimum Gasteiger partial charge on any atom is -0.457 e. The maximum Gasteiger partial charge on any atom is 0.336 e. The van der Waals surface area contributed by atoms with Crippen LogP contribution in [0.5, 0.6) is 46.0 Å². The Hall–Kier alpha value is -11.2. The van der Waals surface area contributed by atoms with Crippen LogP contribution >= 0.6 is 0 Å². The Labute approximate surface area is 537 Å². The highest BCUT2D eigenvalue weighted by molar-refractivity contribution is 5.91. The SMILES string of the molecule is C=CC(=O)OCOc1ccc(C=CCOOc2cc3c(cc2OOC/C=C/c2ccc(OCOC(=O)C=C)cc2)C(C)(C)CC32CC(C)(C)c3cc(OC(=O)/C=C/c4ccc(OCOC(=O)C=C)cc4)c(OC(=O)/C=C/c4ccc(OCOC(=O)C=C)cc4)cc32)cc1. The quantitative estimate of drug-likeness (QED) is 0.00558. The minimum atomic E-state index is -0.777. The van der Waals surface area contributed by atoms with E-state index in [0.29, 0.717) is 47.0 Å². The highest BCUT2D eigenvalue weighted by Gasteiger charge is 2.57. The maximum atomic E-state index is 14.0. The predicted molar refractivity (Wildman–Crippen MR) is 342 cm³/mol. The lowest BCUT2D eigenvalue weighted by Gasteiger charge is -2.30. The number of hydrogen-bond acceptors (Lipinski definition) is 20. The Balaban J connectivity index is 1.08. The molecule has 0 aromatic heterocycles. The summed E-state index contributed by atoms with van der Waals surface area (Å²) in [5.41, 5.74) is 4.53. The Morgan fingerprint density at radius 1 is 0.376 bits per heavy atom. The van der Waals surface area contributed by atoms with E-state index in [0.717, 1.165) is 57.7 Å². The van der Waals surface area contributed by atoms with Crippen molar-refractivity contribution in [1.82, 2.24) is 0 Å². The minimum absolute atomic E-state index is 0.00137. The predicted octanol–water partition coefficient (Wildman–Crippen LogP) is 12.9. The van der Waals surface area contributed by atoms with Gasteiger partial charge < -0.3 is 57.1 Å². The van der Waals surface area contributed by atoms with Crippen LogP contribution in [0.2, 0.25) is 0 Å². The van der Waals surface area contributed by atoms with Gasteiger partial charge in [0.25, 0.3) is 0 Å². The van der Waals surface area contributed by atoms with E-state index >= 15 is 0 Å². The second-order valence-corrected chi connectivity index (χ2v) is 21.9. The Bertz CT molecular complexity index is 3830. The topological polar surface area (TPSA) is 232 Å². The van der Waals surface area contributed by atoms with Crippen molar-refractivity contribution in [3.63, 3.8) is 0 Å². The summed E-state index contributed by atoms with van der Waals surface area (Å²) in [7, 11) is 0. The molecule has 2 aliphatic rings. The lowest BCUT2D eigenvalue weighted by atomic mass is 9.72. The lowest BCUT2D eigenvalue weighted by Crippen LogP contribution is -2.27. The van der Waals surface area contributed by atoms with Crippen LogP contribution in [0.4, 0.5) is 0 Å². The molecule has 8 rings (SSSR count). The molecule has 20 nitrogen and oxygen atoms in total. The van der Waals surface area contributed by atoms with E-state index in [-0.39, 0.29) is 63.4 Å². The molecule has 0 amide bonds. The van der Waals surface area contributed by atoms with Crippen LogP contribution in [0.15, 0.2) is 196 Å². The van der Waals surface area contributed by atoms with Crippen molar-refractivity contribution in [2.75, 3.05) is 40.4 Å². The van der Waals surface area contributed by atoms with Crippen LogP contribution in [0, 0.1) is 0 Å². The molecular weight excluding hydrogens is 1200 g/mol. The van der Waals surface area contributed by atoms with Crippen molar-refractivity contribution in [3.05, 3.63) is 241 Å². The first-order valence-electron chi connectivity index (χ1n) is 29.0. The molecule has 2 aliphatic carbocycles. The average molecular weight is 1270 g/mol. The molecular formula is C73H68O20. The Kier molecular flexibility index (Phi) is 23.3. The highest BCUT2D eigenvalue weighted by Crippen LogP contribution is 2.65. The molecule has 0 saturated heterocycles. The van der Waals surface area contributed by atoms with Gasteiger partial charge in [-0.1, -0.05) is 127 Å².